The van der Waals surface area contributed by atoms with Gasteiger partial charge in [-0.2, -0.15) is 0 Å². The third kappa shape index (κ3) is 2.95. The van der Waals surface area contributed by atoms with Gasteiger partial charge in [0.1, 0.15) is 5.75 Å². The van der Waals surface area contributed by atoms with Crippen molar-refractivity contribution in [2.45, 2.75) is 0 Å². The maximum absolute atomic E-state index is 11.9. The summed E-state index contributed by atoms with van der Waals surface area (Å²) in [5.41, 5.74) is 0.588. The highest BCUT2D eigenvalue weighted by molar-refractivity contribution is 14.1. The zero-order chi connectivity index (χ0) is 12.3. The van der Waals surface area contributed by atoms with Gasteiger partial charge in [-0.1, -0.05) is 0 Å². The molecule has 0 aliphatic heterocycles. The molecule has 2 aromatic rings. The molecule has 0 fully saturated rings. The summed E-state index contributed by atoms with van der Waals surface area (Å²) in [4.78, 5) is 15.9. The van der Waals surface area contributed by atoms with Gasteiger partial charge in [-0.15, -0.1) is 11.3 Å². The van der Waals surface area contributed by atoms with E-state index in [1.807, 2.05) is 5.38 Å². The highest BCUT2D eigenvalue weighted by Crippen LogP contribution is 2.22. The fourth-order valence-corrected chi connectivity index (χ4v) is 2.52. The summed E-state index contributed by atoms with van der Waals surface area (Å²) in [5, 5.41) is 5.14. The first-order valence-corrected chi connectivity index (χ1v) is 6.71. The zero-order valence-corrected chi connectivity index (χ0v) is 11.9. The van der Waals surface area contributed by atoms with Crippen LogP contribution in [0, 0.1) is 3.57 Å². The number of anilines is 1. The van der Waals surface area contributed by atoms with Gasteiger partial charge in [-0.3, -0.25) is 10.1 Å². The van der Waals surface area contributed by atoms with Crippen LogP contribution >= 0.6 is 33.9 Å². The Morgan fingerprint density at radius 1 is 1.53 bits per heavy atom. The maximum Gasteiger partial charge on any atom is 0.257 e. The number of benzene rings is 1. The van der Waals surface area contributed by atoms with E-state index in [9.17, 15) is 4.79 Å². The molecule has 17 heavy (non-hydrogen) atoms. The van der Waals surface area contributed by atoms with Gasteiger partial charge in [-0.05, 0) is 40.8 Å². The van der Waals surface area contributed by atoms with Gasteiger partial charge in [0.05, 0.1) is 10.7 Å². The molecule has 0 radical (unpaired) electrons. The van der Waals surface area contributed by atoms with Crippen LogP contribution in [0.1, 0.15) is 10.4 Å². The predicted molar refractivity (Wildman–Crippen MR) is 75.8 cm³/mol. The lowest BCUT2D eigenvalue weighted by atomic mass is 10.2. The maximum atomic E-state index is 11.9. The number of hydrogen-bond donors (Lipinski definition) is 1. The van der Waals surface area contributed by atoms with Crippen molar-refractivity contribution in [1.82, 2.24) is 4.98 Å². The smallest absolute Gasteiger partial charge is 0.257 e. The summed E-state index contributed by atoms with van der Waals surface area (Å²) in [6.07, 6.45) is 1.65. The average molecular weight is 360 g/mol. The number of ether oxygens (including phenoxy) is 1. The van der Waals surface area contributed by atoms with E-state index in [0.717, 1.165) is 9.32 Å². The number of amides is 1. The zero-order valence-electron chi connectivity index (χ0n) is 8.94. The molecule has 1 aromatic heterocycles. The molecule has 1 heterocycles. The van der Waals surface area contributed by atoms with Crippen molar-refractivity contribution in [2.75, 3.05) is 12.4 Å². The van der Waals surface area contributed by atoms with E-state index in [1.54, 1.807) is 31.5 Å². The van der Waals surface area contributed by atoms with Crippen LogP contribution in [0.3, 0.4) is 0 Å². The molecule has 4 nitrogen and oxygen atoms in total. The third-order valence-corrected chi connectivity index (χ3v) is 3.60. The Morgan fingerprint density at radius 3 is 2.94 bits per heavy atom. The van der Waals surface area contributed by atoms with Crippen LogP contribution in [0.25, 0.3) is 0 Å². The van der Waals surface area contributed by atoms with E-state index in [-0.39, 0.29) is 5.91 Å². The van der Waals surface area contributed by atoms with Gasteiger partial charge in [0.25, 0.3) is 5.91 Å². The second-order valence-corrected chi connectivity index (χ2v) is 5.20. The lowest BCUT2D eigenvalue weighted by Gasteiger charge is -2.05. The van der Waals surface area contributed by atoms with Gasteiger partial charge in [0.15, 0.2) is 5.13 Å². The molecule has 0 spiro atoms. The number of nitrogens with zero attached hydrogens (tertiary/aromatic N) is 1. The second-order valence-electron chi connectivity index (χ2n) is 3.14. The van der Waals surface area contributed by atoms with Crippen molar-refractivity contribution in [1.29, 1.82) is 0 Å². The lowest BCUT2D eigenvalue weighted by molar-refractivity contribution is 0.102. The van der Waals surface area contributed by atoms with Gasteiger partial charge in [-0.25, -0.2) is 4.98 Å². The molecule has 88 valence electrons. The minimum atomic E-state index is -0.166. The molecule has 1 aromatic carbocycles. The molecule has 0 aliphatic rings. The van der Waals surface area contributed by atoms with Gasteiger partial charge in [0, 0.05) is 17.1 Å². The summed E-state index contributed by atoms with van der Waals surface area (Å²) in [6, 6.07) is 5.28. The van der Waals surface area contributed by atoms with E-state index in [0.29, 0.717) is 10.7 Å². The highest BCUT2D eigenvalue weighted by atomic mass is 127. The SMILES string of the molecule is COc1ccc(C(=O)Nc2nccs2)cc1I. The Hall–Kier alpha value is -1.15. The number of nitrogens with one attached hydrogen (secondary N) is 1. The topological polar surface area (TPSA) is 51.2 Å². The predicted octanol–water partition coefficient (Wildman–Crippen LogP) is 3.01. The summed E-state index contributed by atoms with van der Waals surface area (Å²) in [6.45, 7) is 0. The van der Waals surface area contributed by atoms with Crippen molar-refractivity contribution in [3.8, 4) is 5.75 Å². The number of methoxy groups -OCH3 is 1. The van der Waals surface area contributed by atoms with Gasteiger partial charge >= 0.3 is 0 Å². The standard InChI is InChI=1S/C11H9IN2O2S/c1-16-9-3-2-7(6-8(9)12)10(15)14-11-13-4-5-17-11/h2-6H,1H3,(H,13,14,15). The molecule has 1 amide bonds. The molecule has 0 bridgehead atoms. The minimum Gasteiger partial charge on any atom is -0.496 e. The highest BCUT2D eigenvalue weighted by Gasteiger charge is 2.09. The molecule has 0 unspecified atom stereocenters. The van der Waals surface area contributed by atoms with Crippen molar-refractivity contribution in [3.63, 3.8) is 0 Å². The number of halogens is 1. The Bertz CT molecular complexity index is 528. The fraction of sp³-hybridized carbons (Fsp3) is 0.0909. The minimum absolute atomic E-state index is 0.166. The van der Waals surface area contributed by atoms with Crippen molar-refractivity contribution >= 4 is 45.0 Å². The largest absolute Gasteiger partial charge is 0.496 e. The lowest BCUT2D eigenvalue weighted by Crippen LogP contribution is -2.11. The Balaban J connectivity index is 2.17. The average Bonchev–Trinajstić information content (AvgIpc) is 2.81. The van der Waals surface area contributed by atoms with Crippen LogP contribution in [0.4, 0.5) is 5.13 Å². The molecule has 0 atom stereocenters. The van der Waals surface area contributed by atoms with E-state index < -0.39 is 0 Å². The number of hydrogen-bond acceptors (Lipinski definition) is 4. The van der Waals surface area contributed by atoms with E-state index in [2.05, 4.69) is 32.9 Å². The number of aromatic nitrogens is 1. The van der Waals surface area contributed by atoms with E-state index >= 15 is 0 Å². The number of carbonyl (C=O) groups is 1. The van der Waals surface area contributed by atoms with Gasteiger partial charge in [0.2, 0.25) is 0 Å². The normalized spacial score (nSPS) is 10.0. The van der Waals surface area contributed by atoms with Crippen LogP contribution in [0.2, 0.25) is 0 Å². The molecule has 0 saturated carbocycles. The molecular weight excluding hydrogens is 351 g/mol. The van der Waals surface area contributed by atoms with Crippen molar-refractivity contribution in [3.05, 3.63) is 38.9 Å². The quantitative estimate of drug-likeness (QED) is 0.857. The fourth-order valence-electron chi connectivity index (χ4n) is 1.26. The number of carbonyl (C=O) groups excluding carboxylic acids is 1. The summed E-state index contributed by atoms with van der Waals surface area (Å²) < 4.78 is 6.04. The van der Waals surface area contributed by atoms with Crippen LogP contribution in [-0.4, -0.2) is 18.0 Å². The van der Waals surface area contributed by atoms with Crippen molar-refractivity contribution in [2.24, 2.45) is 0 Å². The van der Waals surface area contributed by atoms with Crippen LogP contribution in [0.5, 0.6) is 5.75 Å². The molecule has 2 rings (SSSR count). The Kier molecular flexibility index (Phi) is 3.95. The van der Waals surface area contributed by atoms with Crippen molar-refractivity contribution < 1.29 is 9.53 Å². The first kappa shape index (κ1) is 12.3. The molecule has 0 saturated heterocycles. The van der Waals surface area contributed by atoms with Gasteiger partial charge < -0.3 is 4.74 Å². The summed E-state index contributed by atoms with van der Waals surface area (Å²) in [7, 11) is 1.60. The van der Waals surface area contributed by atoms with E-state index in [4.69, 9.17) is 4.74 Å². The van der Waals surface area contributed by atoms with Crippen LogP contribution in [0.15, 0.2) is 29.8 Å². The summed E-state index contributed by atoms with van der Waals surface area (Å²) >= 11 is 3.52. The van der Waals surface area contributed by atoms with E-state index in [1.165, 1.54) is 11.3 Å². The monoisotopic (exact) mass is 360 g/mol. The van der Waals surface area contributed by atoms with Crippen LogP contribution < -0.4 is 10.1 Å². The first-order valence-electron chi connectivity index (χ1n) is 4.75. The first-order chi connectivity index (χ1) is 8.20. The number of rotatable bonds is 3. The Labute approximate surface area is 116 Å². The molecule has 1 N–H and O–H groups in total. The molecular formula is C11H9IN2O2S. The molecule has 0 aliphatic carbocycles. The Morgan fingerprint density at radius 2 is 2.35 bits per heavy atom. The summed E-state index contributed by atoms with van der Waals surface area (Å²) in [5.74, 6) is 0.594. The molecule has 6 heteroatoms. The third-order valence-electron chi connectivity index (χ3n) is 2.07. The number of thiazole rings is 1. The second kappa shape index (κ2) is 5.46. The van der Waals surface area contributed by atoms with Crippen LogP contribution in [-0.2, 0) is 0 Å².